The lowest BCUT2D eigenvalue weighted by Crippen LogP contribution is -2.40. The molecule has 1 amide bonds. The molecular formula is C21H24N4O3. The minimum Gasteiger partial charge on any atom is -0.496 e. The van der Waals surface area contributed by atoms with Crippen molar-refractivity contribution in [1.29, 1.82) is 0 Å². The van der Waals surface area contributed by atoms with E-state index < -0.39 is 0 Å². The number of piperidine rings is 1. The predicted molar refractivity (Wildman–Crippen MR) is 103 cm³/mol. The van der Waals surface area contributed by atoms with Gasteiger partial charge in [-0.15, -0.1) is 0 Å². The third-order valence-electron chi connectivity index (χ3n) is 5.09. The third kappa shape index (κ3) is 3.93. The Labute approximate surface area is 163 Å². The van der Waals surface area contributed by atoms with Gasteiger partial charge in [0, 0.05) is 30.9 Å². The molecule has 1 unspecified atom stereocenters. The average molecular weight is 380 g/mol. The molecule has 3 aromatic rings. The van der Waals surface area contributed by atoms with Crippen LogP contribution in [0.1, 0.15) is 42.5 Å². The topological polar surface area (TPSA) is 73.4 Å². The van der Waals surface area contributed by atoms with Gasteiger partial charge in [0.15, 0.2) is 0 Å². The van der Waals surface area contributed by atoms with Crippen LogP contribution in [-0.4, -0.2) is 39.2 Å². The fourth-order valence-electron chi connectivity index (χ4n) is 3.71. The van der Waals surface area contributed by atoms with Crippen LogP contribution in [-0.2, 0) is 17.8 Å². The number of oxazole rings is 1. The Balaban J connectivity index is 1.50. The average Bonchev–Trinajstić information content (AvgIpc) is 3.40. The summed E-state index contributed by atoms with van der Waals surface area (Å²) < 4.78 is 13.1. The molecule has 0 radical (unpaired) electrons. The number of ether oxygens (including phenoxy) is 1. The summed E-state index contributed by atoms with van der Waals surface area (Å²) in [6.45, 7) is 0.952. The standard InChI is InChI=1S/C21H24N4O3/c1-27-19-9-3-2-7-16(19)13-17-14-22-21(28-17)18-8-4-5-12-25(18)20(26)15-24-11-6-10-23-24/h2-3,6-7,9-11,14,18H,4-5,8,12-13,15H2,1H3. The molecule has 7 heteroatoms. The third-order valence-corrected chi connectivity index (χ3v) is 5.09. The van der Waals surface area contributed by atoms with E-state index in [0.29, 0.717) is 12.3 Å². The Hall–Kier alpha value is -3.09. The molecule has 1 aromatic carbocycles. The first-order chi connectivity index (χ1) is 13.7. The molecule has 2 aromatic heterocycles. The van der Waals surface area contributed by atoms with Crippen LogP contribution < -0.4 is 4.74 Å². The van der Waals surface area contributed by atoms with Gasteiger partial charge in [0.25, 0.3) is 0 Å². The second-order valence-corrected chi connectivity index (χ2v) is 6.96. The lowest BCUT2D eigenvalue weighted by atomic mass is 10.0. The molecule has 1 aliphatic rings. The van der Waals surface area contributed by atoms with Crippen LogP contribution in [0.3, 0.4) is 0 Å². The molecule has 0 spiro atoms. The first kappa shape index (κ1) is 18.3. The Kier molecular flexibility index (Phi) is 5.41. The van der Waals surface area contributed by atoms with Crippen LogP contribution in [0, 0.1) is 0 Å². The highest BCUT2D eigenvalue weighted by Gasteiger charge is 2.31. The summed E-state index contributed by atoms with van der Waals surface area (Å²) in [7, 11) is 1.66. The van der Waals surface area contributed by atoms with Crippen molar-refractivity contribution in [2.24, 2.45) is 0 Å². The van der Waals surface area contributed by atoms with Crippen molar-refractivity contribution in [3.8, 4) is 5.75 Å². The second-order valence-electron chi connectivity index (χ2n) is 6.96. The smallest absolute Gasteiger partial charge is 0.244 e. The first-order valence-corrected chi connectivity index (χ1v) is 9.58. The molecule has 0 N–H and O–H groups in total. The number of aromatic nitrogens is 3. The van der Waals surface area contributed by atoms with Gasteiger partial charge in [0.1, 0.15) is 24.1 Å². The van der Waals surface area contributed by atoms with Gasteiger partial charge in [-0.1, -0.05) is 18.2 Å². The SMILES string of the molecule is COc1ccccc1Cc1cnc(C2CCCCN2C(=O)Cn2cccn2)o1. The summed E-state index contributed by atoms with van der Waals surface area (Å²) in [5, 5.41) is 4.13. The Morgan fingerprint density at radius 3 is 3.00 bits per heavy atom. The lowest BCUT2D eigenvalue weighted by Gasteiger charge is -2.33. The van der Waals surface area contributed by atoms with E-state index in [1.54, 1.807) is 30.4 Å². The van der Waals surface area contributed by atoms with E-state index in [2.05, 4.69) is 10.1 Å². The number of hydrogen-bond donors (Lipinski definition) is 0. The quantitative estimate of drug-likeness (QED) is 0.656. The molecule has 28 heavy (non-hydrogen) atoms. The van der Waals surface area contributed by atoms with Crippen molar-refractivity contribution >= 4 is 5.91 Å². The van der Waals surface area contributed by atoms with Crippen LogP contribution >= 0.6 is 0 Å². The minimum atomic E-state index is -0.122. The van der Waals surface area contributed by atoms with Crippen LogP contribution in [0.4, 0.5) is 0 Å². The fourth-order valence-corrected chi connectivity index (χ4v) is 3.71. The maximum Gasteiger partial charge on any atom is 0.244 e. The number of carbonyl (C=O) groups excluding carboxylic acids is 1. The number of carbonyl (C=O) groups is 1. The first-order valence-electron chi connectivity index (χ1n) is 9.58. The number of rotatable bonds is 6. The van der Waals surface area contributed by atoms with Gasteiger partial charge >= 0.3 is 0 Å². The molecule has 1 saturated heterocycles. The van der Waals surface area contributed by atoms with Gasteiger partial charge in [-0.05, 0) is 31.4 Å². The molecule has 0 aliphatic carbocycles. The predicted octanol–water partition coefficient (Wildman–Crippen LogP) is 3.22. The van der Waals surface area contributed by atoms with E-state index in [1.165, 1.54) is 0 Å². The number of para-hydroxylation sites is 1. The maximum absolute atomic E-state index is 12.8. The van der Waals surface area contributed by atoms with Gasteiger partial charge < -0.3 is 14.1 Å². The van der Waals surface area contributed by atoms with Crippen molar-refractivity contribution in [3.05, 3.63) is 66.1 Å². The summed E-state index contributed by atoms with van der Waals surface area (Å²) in [5.41, 5.74) is 1.04. The number of benzene rings is 1. The number of amides is 1. The summed E-state index contributed by atoms with van der Waals surface area (Å²) in [6, 6.07) is 9.57. The molecule has 7 nitrogen and oxygen atoms in total. The van der Waals surface area contributed by atoms with E-state index in [9.17, 15) is 4.79 Å². The molecule has 4 rings (SSSR count). The molecule has 0 bridgehead atoms. The number of likely N-dealkylation sites (tertiary alicyclic amines) is 1. The molecule has 1 atom stereocenters. The highest BCUT2D eigenvalue weighted by molar-refractivity contribution is 5.76. The normalized spacial score (nSPS) is 16.9. The van der Waals surface area contributed by atoms with E-state index in [0.717, 1.165) is 42.9 Å². The van der Waals surface area contributed by atoms with E-state index in [-0.39, 0.29) is 18.5 Å². The zero-order valence-electron chi connectivity index (χ0n) is 16.0. The lowest BCUT2D eigenvalue weighted by molar-refractivity contribution is -0.136. The minimum absolute atomic E-state index is 0.0397. The van der Waals surface area contributed by atoms with Gasteiger partial charge in [-0.3, -0.25) is 9.48 Å². The summed E-state index contributed by atoms with van der Waals surface area (Å²) >= 11 is 0. The zero-order valence-corrected chi connectivity index (χ0v) is 16.0. The zero-order chi connectivity index (χ0) is 19.3. The fraction of sp³-hybridized carbons (Fsp3) is 0.381. The van der Waals surface area contributed by atoms with Gasteiger partial charge in [0.05, 0.1) is 13.3 Å². The Bertz CT molecular complexity index is 919. The number of nitrogens with zero attached hydrogens (tertiary/aromatic N) is 4. The van der Waals surface area contributed by atoms with E-state index >= 15 is 0 Å². The van der Waals surface area contributed by atoms with Crippen molar-refractivity contribution in [3.63, 3.8) is 0 Å². The van der Waals surface area contributed by atoms with Gasteiger partial charge in [0.2, 0.25) is 11.8 Å². The summed E-state index contributed by atoms with van der Waals surface area (Å²) in [6.07, 6.45) is 8.75. The second kappa shape index (κ2) is 8.29. The van der Waals surface area contributed by atoms with Crippen molar-refractivity contribution in [2.45, 2.75) is 38.3 Å². The van der Waals surface area contributed by atoms with Crippen molar-refractivity contribution < 1.29 is 13.9 Å². The molecule has 1 aliphatic heterocycles. The van der Waals surface area contributed by atoms with Crippen LogP contribution in [0.2, 0.25) is 0 Å². The van der Waals surface area contributed by atoms with E-state index in [1.807, 2.05) is 35.2 Å². The van der Waals surface area contributed by atoms with Crippen molar-refractivity contribution in [2.75, 3.05) is 13.7 Å². The highest BCUT2D eigenvalue weighted by atomic mass is 16.5. The summed E-state index contributed by atoms with van der Waals surface area (Å²) in [5.74, 6) is 2.25. The molecule has 0 saturated carbocycles. The molecule has 3 heterocycles. The Morgan fingerprint density at radius 1 is 1.29 bits per heavy atom. The number of hydrogen-bond acceptors (Lipinski definition) is 5. The molecular weight excluding hydrogens is 356 g/mol. The molecule has 146 valence electrons. The van der Waals surface area contributed by atoms with Crippen LogP contribution in [0.5, 0.6) is 5.75 Å². The van der Waals surface area contributed by atoms with Gasteiger partial charge in [-0.25, -0.2) is 4.98 Å². The highest BCUT2D eigenvalue weighted by Crippen LogP contribution is 2.31. The maximum atomic E-state index is 12.8. The van der Waals surface area contributed by atoms with Crippen LogP contribution in [0.25, 0.3) is 0 Å². The van der Waals surface area contributed by atoms with Crippen LogP contribution in [0.15, 0.2) is 53.3 Å². The van der Waals surface area contributed by atoms with Gasteiger partial charge in [-0.2, -0.15) is 5.10 Å². The molecule has 1 fully saturated rings. The Morgan fingerprint density at radius 2 is 2.18 bits per heavy atom. The number of methoxy groups -OCH3 is 1. The monoisotopic (exact) mass is 380 g/mol. The largest absolute Gasteiger partial charge is 0.496 e. The van der Waals surface area contributed by atoms with Crippen molar-refractivity contribution in [1.82, 2.24) is 19.7 Å². The summed E-state index contributed by atoms with van der Waals surface area (Å²) in [4.78, 5) is 19.2. The van der Waals surface area contributed by atoms with E-state index in [4.69, 9.17) is 9.15 Å².